The average molecular weight is 126 g/mol. The summed E-state index contributed by atoms with van der Waals surface area (Å²) in [5, 5.41) is 0. The number of rotatable bonds is 2. The Morgan fingerprint density at radius 1 is 1.62 bits per heavy atom. The molecule has 4 N–H and O–H groups in total. The van der Waals surface area contributed by atoms with E-state index in [1.807, 2.05) is 0 Å². The van der Waals surface area contributed by atoms with Gasteiger partial charge in [-0.2, -0.15) is 0 Å². The maximum absolute atomic E-state index is 10.2. The standard InChI is InChI=1S/C3H8N2OP.Li/c1-2-3-7(4,5)6;/h2-3H,1H2,(H4,4,5,6);/q-1;+1. The van der Waals surface area contributed by atoms with Gasteiger partial charge in [-0.1, -0.05) is 0 Å². The summed E-state index contributed by atoms with van der Waals surface area (Å²) in [6.45, 7) is 3.26. The SMILES string of the molecule is C=C[CH-]P(N)(N)=O.[Li+]. The molecule has 0 aromatic rings. The molecule has 0 amide bonds. The van der Waals surface area contributed by atoms with Gasteiger partial charge in [-0.15, -0.1) is 6.16 Å². The first-order valence-corrected chi connectivity index (χ1v) is 3.61. The smallest absolute Gasteiger partial charge is 0.305 e. The van der Waals surface area contributed by atoms with E-state index >= 15 is 0 Å². The fraction of sp³-hybridized carbons (Fsp3) is 0. The van der Waals surface area contributed by atoms with Gasteiger partial charge < -0.3 is 4.57 Å². The zero-order valence-electron chi connectivity index (χ0n) is 4.87. The minimum absolute atomic E-state index is 0. The van der Waals surface area contributed by atoms with E-state index < -0.39 is 7.44 Å². The van der Waals surface area contributed by atoms with Gasteiger partial charge in [0.1, 0.15) is 0 Å². The molecule has 8 heavy (non-hydrogen) atoms. The zero-order valence-corrected chi connectivity index (χ0v) is 5.77. The van der Waals surface area contributed by atoms with E-state index in [0.717, 1.165) is 0 Å². The van der Waals surface area contributed by atoms with Crippen molar-refractivity contribution in [3.63, 3.8) is 0 Å². The van der Waals surface area contributed by atoms with Crippen LogP contribution in [0, 0.1) is 6.16 Å². The maximum Gasteiger partial charge on any atom is 1.00 e. The monoisotopic (exact) mass is 126 g/mol. The summed E-state index contributed by atoms with van der Waals surface area (Å²) < 4.78 is 10.2. The van der Waals surface area contributed by atoms with Crippen molar-refractivity contribution in [3.8, 4) is 0 Å². The van der Waals surface area contributed by atoms with E-state index in [-0.39, 0.29) is 18.9 Å². The number of hydrogen-bond acceptors (Lipinski definition) is 1. The van der Waals surface area contributed by atoms with Crippen molar-refractivity contribution in [2.45, 2.75) is 0 Å². The van der Waals surface area contributed by atoms with Gasteiger partial charge in [0.2, 0.25) is 0 Å². The third-order valence-corrected chi connectivity index (χ3v) is 1.02. The molecule has 0 heterocycles. The second-order valence-electron chi connectivity index (χ2n) is 1.15. The van der Waals surface area contributed by atoms with E-state index in [0.29, 0.717) is 0 Å². The third-order valence-electron chi connectivity index (χ3n) is 0.338. The summed E-state index contributed by atoms with van der Waals surface area (Å²) >= 11 is 0. The van der Waals surface area contributed by atoms with Crippen LogP contribution in [-0.2, 0) is 4.57 Å². The van der Waals surface area contributed by atoms with Crippen molar-refractivity contribution in [1.82, 2.24) is 0 Å². The van der Waals surface area contributed by atoms with Crippen molar-refractivity contribution in [2.24, 2.45) is 11.0 Å². The van der Waals surface area contributed by atoms with Gasteiger partial charge in [0.05, 0.1) is 0 Å². The summed E-state index contributed by atoms with van der Waals surface area (Å²) in [6, 6.07) is 0. The van der Waals surface area contributed by atoms with Crippen LogP contribution in [0.5, 0.6) is 0 Å². The average Bonchev–Trinajstić information content (AvgIpc) is 1.30. The van der Waals surface area contributed by atoms with Gasteiger partial charge in [-0.25, -0.2) is 12.7 Å². The van der Waals surface area contributed by atoms with Gasteiger partial charge >= 0.3 is 18.9 Å². The quantitative estimate of drug-likeness (QED) is 0.243. The van der Waals surface area contributed by atoms with Crippen LogP contribution in [0.1, 0.15) is 0 Å². The van der Waals surface area contributed by atoms with Gasteiger partial charge in [0.25, 0.3) is 0 Å². The molecular formula is C3H8LiN2OP. The fourth-order valence-electron chi connectivity index (χ4n) is 0.165. The molecule has 0 bridgehead atoms. The molecule has 0 aromatic carbocycles. The van der Waals surface area contributed by atoms with Crippen LogP contribution >= 0.6 is 7.44 Å². The predicted octanol–water partition coefficient (Wildman–Crippen LogP) is -2.55. The molecule has 0 atom stereocenters. The molecule has 3 nitrogen and oxygen atoms in total. The van der Waals surface area contributed by atoms with Gasteiger partial charge in [0.15, 0.2) is 7.44 Å². The third kappa shape index (κ3) is 9.61. The molecule has 0 rings (SSSR count). The molecule has 0 aromatic heterocycles. The Labute approximate surface area is 61.2 Å². The van der Waals surface area contributed by atoms with Crippen LogP contribution in [0.15, 0.2) is 12.7 Å². The second-order valence-corrected chi connectivity index (χ2v) is 2.97. The normalized spacial score (nSPS) is 9.25. The molecular weight excluding hydrogens is 118 g/mol. The summed E-state index contributed by atoms with van der Waals surface area (Å²) in [6.07, 6.45) is 2.51. The molecule has 0 aliphatic carbocycles. The first kappa shape index (κ1) is 11.2. The summed E-state index contributed by atoms with van der Waals surface area (Å²) in [7, 11) is -2.91. The Kier molecular flexibility index (Phi) is 5.96. The first-order chi connectivity index (χ1) is 3.06. The predicted molar refractivity (Wildman–Crippen MR) is 30.5 cm³/mol. The second kappa shape index (κ2) is 4.26. The topological polar surface area (TPSA) is 69.1 Å². The molecule has 0 spiro atoms. The van der Waals surface area contributed by atoms with Gasteiger partial charge in [0, 0.05) is 0 Å². The molecule has 5 heteroatoms. The molecule has 0 fully saturated rings. The van der Waals surface area contributed by atoms with Gasteiger partial charge in [-0.05, 0) is 0 Å². The number of allylic oxidation sites excluding steroid dienone is 1. The van der Waals surface area contributed by atoms with Crippen molar-refractivity contribution in [1.29, 1.82) is 0 Å². The van der Waals surface area contributed by atoms with E-state index in [1.54, 1.807) is 0 Å². The number of nitrogens with two attached hydrogens (primary N) is 2. The van der Waals surface area contributed by atoms with Crippen LogP contribution in [0.25, 0.3) is 0 Å². The van der Waals surface area contributed by atoms with Crippen LogP contribution in [-0.4, -0.2) is 0 Å². The molecule has 0 radical (unpaired) electrons. The number of hydrogen-bond donors (Lipinski definition) is 2. The van der Waals surface area contributed by atoms with Crippen LogP contribution in [0.4, 0.5) is 0 Å². The maximum atomic E-state index is 10.2. The molecule has 42 valence electrons. The Bertz CT molecular complexity index is 110. The molecule has 0 saturated carbocycles. The Morgan fingerprint density at radius 2 is 2.00 bits per heavy atom. The van der Waals surface area contributed by atoms with Gasteiger partial charge in [-0.3, -0.25) is 11.0 Å². The van der Waals surface area contributed by atoms with E-state index in [2.05, 4.69) is 6.58 Å². The van der Waals surface area contributed by atoms with E-state index in [9.17, 15) is 4.57 Å². The first-order valence-electron chi connectivity index (χ1n) is 1.70. The van der Waals surface area contributed by atoms with E-state index in [1.165, 1.54) is 12.2 Å². The minimum atomic E-state index is -2.91. The summed E-state index contributed by atoms with van der Waals surface area (Å²) in [4.78, 5) is 0. The minimum Gasteiger partial charge on any atom is -0.305 e. The Hall–Kier alpha value is 0.357. The molecule has 0 aliphatic heterocycles. The van der Waals surface area contributed by atoms with Crippen molar-refractivity contribution in [2.75, 3.05) is 0 Å². The summed E-state index contributed by atoms with van der Waals surface area (Å²) in [5.41, 5.74) is 9.70. The molecule has 0 unspecified atom stereocenters. The van der Waals surface area contributed by atoms with E-state index in [4.69, 9.17) is 11.0 Å². The van der Waals surface area contributed by atoms with Crippen LogP contribution in [0.2, 0.25) is 0 Å². The summed E-state index contributed by atoms with van der Waals surface area (Å²) in [5.74, 6) is 0. The van der Waals surface area contributed by atoms with Crippen molar-refractivity contribution in [3.05, 3.63) is 18.8 Å². The largest absolute Gasteiger partial charge is 1.00 e. The van der Waals surface area contributed by atoms with Crippen LogP contribution < -0.4 is 29.9 Å². The zero-order chi connectivity index (χ0) is 5.91. The Morgan fingerprint density at radius 3 is 2.00 bits per heavy atom. The fourth-order valence-corrected chi connectivity index (χ4v) is 0.494. The molecule has 0 saturated heterocycles. The van der Waals surface area contributed by atoms with Crippen molar-refractivity contribution >= 4 is 7.44 Å². The Balaban J connectivity index is 0. The van der Waals surface area contributed by atoms with Crippen molar-refractivity contribution < 1.29 is 23.4 Å². The molecule has 0 aliphatic rings. The van der Waals surface area contributed by atoms with Crippen LogP contribution in [0.3, 0.4) is 0 Å².